The molecule has 4 bridgehead atoms. The summed E-state index contributed by atoms with van der Waals surface area (Å²) in [5, 5.41) is 1.77. The fraction of sp³-hybridized carbons (Fsp3) is 0.618. The third kappa shape index (κ3) is 4.46. The number of benzene rings is 2. The first-order valence-corrected chi connectivity index (χ1v) is 17.6. The molecule has 1 saturated heterocycles. The molecule has 2 aromatic rings. The van der Waals surface area contributed by atoms with Gasteiger partial charge >= 0.3 is 5.97 Å². The van der Waals surface area contributed by atoms with E-state index in [-0.39, 0.29) is 28.4 Å². The predicted molar refractivity (Wildman–Crippen MR) is 158 cm³/mol. The summed E-state index contributed by atoms with van der Waals surface area (Å²) in [7, 11) is -3.10. The molecule has 2 spiro atoms. The summed E-state index contributed by atoms with van der Waals surface area (Å²) in [6.45, 7) is 6.03. The normalized spacial score (nSPS) is 38.0. The van der Waals surface area contributed by atoms with Gasteiger partial charge in [0.2, 0.25) is 11.6 Å². The Labute approximate surface area is 244 Å². The Balaban J connectivity index is 1.12. The van der Waals surface area contributed by atoms with Crippen LogP contribution in [0.1, 0.15) is 85.0 Å². The lowest BCUT2D eigenvalue weighted by Gasteiger charge is -2.61. The molecule has 8 rings (SSSR count). The van der Waals surface area contributed by atoms with Gasteiger partial charge in [-0.05, 0) is 72.2 Å². The zero-order valence-corrected chi connectivity index (χ0v) is 25.6. The van der Waals surface area contributed by atoms with Gasteiger partial charge in [0, 0.05) is 31.6 Å². The van der Waals surface area contributed by atoms with Crippen LogP contribution in [0.4, 0.5) is 0 Å². The van der Waals surface area contributed by atoms with E-state index in [9.17, 15) is 9.59 Å². The second kappa shape index (κ2) is 9.74. The summed E-state index contributed by atoms with van der Waals surface area (Å²) >= 11 is 0. The molecule has 220 valence electrons. The van der Waals surface area contributed by atoms with Crippen molar-refractivity contribution in [3.05, 3.63) is 60.7 Å². The first-order valence-electron chi connectivity index (χ1n) is 15.7. The molecule has 0 amide bonds. The first-order chi connectivity index (χ1) is 19.6. The van der Waals surface area contributed by atoms with E-state index >= 15 is 0 Å². The highest BCUT2D eigenvalue weighted by Crippen LogP contribution is 2.66. The summed E-state index contributed by atoms with van der Waals surface area (Å²) in [6, 6.07) is 20.6. The van der Waals surface area contributed by atoms with E-state index < -0.39 is 19.9 Å². The molecule has 41 heavy (non-hydrogen) atoms. The molecule has 1 N–H and O–H groups in total. The van der Waals surface area contributed by atoms with Crippen LogP contribution in [0.5, 0.6) is 0 Å². The first kappa shape index (κ1) is 27.8. The third-order valence-corrected chi connectivity index (χ3v) is 15.7. The molecule has 0 radical (unpaired) electrons. The lowest BCUT2D eigenvalue weighted by molar-refractivity contribution is -0.398. The summed E-state index contributed by atoms with van der Waals surface area (Å²) < 4.78 is 13.0. The molecule has 2 aromatic carbocycles. The van der Waals surface area contributed by atoms with Gasteiger partial charge in [-0.25, -0.2) is 0 Å². The van der Waals surface area contributed by atoms with Crippen LogP contribution in [-0.4, -0.2) is 36.3 Å². The highest BCUT2D eigenvalue weighted by Gasteiger charge is 2.71. The van der Waals surface area contributed by atoms with Crippen LogP contribution >= 0.6 is 0 Å². The average molecular weight is 577 g/mol. The minimum Gasteiger partial charge on any atom is -0.459 e. The molecule has 4 atom stereocenters. The Morgan fingerprint density at radius 3 is 2.15 bits per heavy atom. The third-order valence-electron chi connectivity index (χ3n) is 11.2. The molecule has 5 saturated carbocycles. The number of hydrogen-bond donors (Lipinski definition) is 1. The molecular formula is C34H44O6Si. The van der Waals surface area contributed by atoms with E-state index in [1.165, 1.54) is 6.92 Å². The molecule has 5 aliphatic carbocycles. The Bertz CT molecular complexity index is 1230. The largest absolute Gasteiger partial charge is 0.459 e. The van der Waals surface area contributed by atoms with E-state index in [1.54, 1.807) is 0 Å². The zero-order chi connectivity index (χ0) is 28.5. The fourth-order valence-corrected chi connectivity index (χ4v) is 13.7. The maximum absolute atomic E-state index is 12.7. The maximum atomic E-state index is 12.7. The van der Waals surface area contributed by atoms with Gasteiger partial charge < -0.3 is 14.3 Å². The summed E-state index contributed by atoms with van der Waals surface area (Å²) in [5.41, 5.74) is -0.362. The van der Waals surface area contributed by atoms with Gasteiger partial charge in [-0.3, -0.25) is 4.79 Å². The van der Waals surface area contributed by atoms with Crippen molar-refractivity contribution in [2.24, 2.45) is 23.7 Å². The molecule has 7 heteroatoms. The number of hydrogen-bond acceptors (Lipinski definition) is 6. The predicted octanol–water partition coefficient (Wildman–Crippen LogP) is 5.61. The topological polar surface area (TPSA) is 74.2 Å². The molecule has 2 unspecified atom stereocenters. The monoisotopic (exact) mass is 576 g/mol. The Morgan fingerprint density at radius 2 is 1.56 bits per heavy atom. The van der Waals surface area contributed by atoms with Crippen LogP contribution < -0.4 is 10.4 Å². The van der Waals surface area contributed by atoms with E-state index in [4.69, 9.17) is 19.2 Å². The second-order valence-corrected chi connectivity index (χ2v) is 18.4. The minimum atomic E-state index is -3.10. The fourth-order valence-electron chi connectivity index (χ4n) is 9.88. The SMILES string of the molecule is CC(=O)OC12CC3CC(C1)C1(OO[C@@]4(CCC[C@@H](CC(C)(C)[Si](O)(c5ccccc5)c5ccccc5)C4)O1)C(C3)C2. The van der Waals surface area contributed by atoms with Gasteiger partial charge in [0.25, 0.3) is 8.32 Å². The zero-order valence-electron chi connectivity index (χ0n) is 24.6. The molecule has 1 heterocycles. The standard InChI is InChI=1S/C34H44O6Si/c1-24(35)37-32-20-26-17-27(22-32)34(28(18-26)23-32)38-33(39-40-34)16-10-11-25(21-33)19-31(2,3)41(36,29-12-6-4-7-13-29)30-14-8-5-9-15-30/h4-9,12-15,25-28,36H,10-11,16-23H2,1-3H3/t25-,26?,27?,28?,32?,33+,34?/m0/s1. The lowest BCUT2D eigenvalue weighted by atomic mass is 9.51. The number of rotatable bonds is 6. The van der Waals surface area contributed by atoms with Crippen molar-refractivity contribution >= 4 is 24.7 Å². The van der Waals surface area contributed by atoms with Crippen molar-refractivity contribution in [2.75, 3.05) is 0 Å². The van der Waals surface area contributed by atoms with Gasteiger partial charge in [-0.1, -0.05) is 80.9 Å². The van der Waals surface area contributed by atoms with Crippen molar-refractivity contribution < 1.29 is 28.8 Å². The van der Waals surface area contributed by atoms with Crippen LogP contribution in [0.15, 0.2) is 60.7 Å². The van der Waals surface area contributed by atoms with Crippen molar-refractivity contribution in [1.82, 2.24) is 0 Å². The summed E-state index contributed by atoms with van der Waals surface area (Å²) in [6.07, 6.45) is 9.21. The maximum Gasteiger partial charge on any atom is 0.303 e. The Hall–Kier alpha value is -2.03. The van der Waals surface area contributed by atoms with Gasteiger partial charge in [-0.15, -0.1) is 0 Å². The average Bonchev–Trinajstić information content (AvgIpc) is 3.30. The summed E-state index contributed by atoms with van der Waals surface area (Å²) in [4.78, 5) is 37.3. The number of ether oxygens (including phenoxy) is 2. The molecule has 0 aromatic heterocycles. The van der Waals surface area contributed by atoms with Crippen molar-refractivity contribution in [2.45, 2.75) is 107 Å². The lowest BCUT2D eigenvalue weighted by Crippen LogP contribution is -2.66. The smallest absolute Gasteiger partial charge is 0.303 e. The Kier molecular flexibility index (Phi) is 6.60. The van der Waals surface area contributed by atoms with Crippen LogP contribution in [0, 0.1) is 23.7 Å². The molecule has 6 nitrogen and oxygen atoms in total. The van der Waals surface area contributed by atoms with E-state index in [2.05, 4.69) is 38.1 Å². The molecule has 6 aliphatic rings. The van der Waals surface area contributed by atoms with E-state index in [0.29, 0.717) is 11.8 Å². The van der Waals surface area contributed by atoms with Crippen molar-refractivity contribution in [1.29, 1.82) is 0 Å². The summed E-state index contributed by atoms with van der Waals surface area (Å²) in [5.74, 6) is -0.415. The van der Waals surface area contributed by atoms with Gasteiger partial charge in [0.15, 0.2) is 0 Å². The Morgan fingerprint density at radius 1 is 0.951 bits per heavy atom. The van der Waals surface area contributed by atoms with Gasteiger partial charge in [0.1, 0.15) is 5.60 Å². The van der Waals surface area contributed by atoms with Gasteiger partial charge in [-0.2, -0.15) is 9.78 Å². The molecular weight excluding hydrogens is 532 g/mol. The van der Waals surface area contributed by atoms with Crippen molar-refractivity contribution in [3.8, 4) is 0 Å². The van der Waals surface area contributed by atoms with Crippen molar-refractivity contribution in [3.63, 3.8) is 0 Å². The molecule has 6 fully saturated rings. The highest BCUT2D eigenvalue weighted by molar-refractivity contribution is 6.98. The van der Waals surface area contributed by atoms with Crippen LogP contribution in [0.2, 0.25) is 5.04 Å². The second-order valence-electron chi connectivity index (χ2n) is 14.5. The van der Waals surface area contributed by atoms with E-state index in [1.807, 2.05) is 36.4 Å². The number of esters is 1. The highest BCUT2D eigenvalue weighted by atomic mass is 28.4. The quantitative estimate of drug-likeness (QED) is 0.274. The molecule has 1 aliphatic heterocycles. The van der Waals surface area contributed by atoms with Crippen LogP contribution in [0.25, 0.3) is 0 Å². The minimum absolute atomic E-state index is 0.179. The number of carbonyl (C=O) groups is 1. The van der Waals surface area contributed by atoms with Gasteiger partial charge in [0.05, 0.1) is 0 Å². The van der Waals surface area contributed by atoms with E-state index in [0.717, 1.165) is 74.6 Å². The van der Waals surface area contributed by atoms with Crippen LogP contribution in [-0.2, 0) is 24.0 Å². The van der Waals surface area contributed by atoms with Crippen LogP contribution in [0.3, 0.4) is 0 Å². The number of carbonyl (C=O) groups excluding carboxylic acids is 1.